The van der Waals surface area contributed by atoms with E-state index in [1.165, 1.54) is 16.3 Å². The van der Waals surface area contributed by atoms with Gasteiger partial charge in [0.1, 0.15) is 17.5 Å². The Morgan fingerprint density at radius 3 is 1.77 bits per heavy atom. The maximum Gasteiger partial charge on any atom is 0.290 e. The van der Waals surface area contributed by atoms with E-state index in [0.29, 0.717) is 70.6 Å². The van der Waals surface area contributed by atoms with Gasteiger partial charge in [-0.25, -0.2) is 4.52 Å². The molecule has 20 nitrogen and oxygen atoms in total. The number of benzene rings is 6. The number of imide groups is 2. The fourth-order valence-electron chi connectivity index (χ4n) is 10.3. The van der Waals surface area contributed by atoms with Crippen LogP contribution in [0.5, 0.6) is 11.5 Å². The van der Waals surface area contributed by atoms with Gasteiger partial charge < -0.3 is 44.5 Å². The Bertz CT molecular complexity index is 3620. The highest BCUT2D eigenvalue weighted by Gasteiger charge is 2.45. The molecule has 10 rings (SSSR count). The average Bonchev–Trinajstić information content (AvgIpc) is 1.62. The molecule has 90 heavy (non-hydrogen) atoms. The van der Waals surface area contributed by atoms with Gasteiger partial charge >= 0.3 is 0 Å². The van der Waals surface area contributed by atoms with Gasteiger partial charge in [-0.3, -0.25) is 43.8 Å². The molecule has 1 atom stereocenters. The number of carbonyl (C=O) groups is 7. The Hall–Kier alpha value is -9.50. The van der Waals surface area contributed by atoms with Crippen molar-refractivity contribution >= 4 is 75.2 Å². The molecule has 4 heterocycles. The first-order chi connectivity index (χ1) is 43.8. The molecule has 1 unspecified atom stereocenters. The third kappa shape index (κ3) is 19.3. The predicted molar refractivity (Wildman–Crippen MR) is 349 cm³/mol. The van der Waals surface area contributed by atoms with Gasteiger partial charge in [-0.05, 0) is 117 Å². The molecule has 5 amide bonds. The fraction of sp³-hybridized carbons (Fsp3) is 0.343. The van der Waals surface area contributed by atoms with Crippen LogP contribution in [0, 0.1) is 20.8 Å². The molecule has 2 aromatic heterocycles. The largest absolute Gasteiger partial charge is 0.493 e. The number of amides is 5. The second-order valence-corrected chi connectivity index (χ2v) is 19.9. The second-order valence-electron chi connectivity index (χ2n) is 19.9. The quantitative estimate of drug-likeness (QED) is 0.0214. The van der Waals surface area contributed by atoms with Crippen molar-refractivity contribution in [3.8, 4) is 22.8 Å². The Labute approximate surface area is 525 Å². The van der Waals surface area contributed by atoms with Crippen LogP contribution in [0.25, 0.3) is 38.3 Å². The summed E-state index contributed by atoms with van der Waals surface area (Å²) in [6, 6.07) is 42.8. The van der Waals surface area contributed by atoms with Gasteiger partial charge in [-0.2, -0.15) is 5.10 Å². The number of ether oxygens (including phenoxy) is 5. The Kier molecular flexibility index (Phi) is 30.1. The van der Waals surface area contributed by atoms with Crippen molar-refractivity contribution in [2.45, 2.75) is 93.5 Å². The first-order valence-corrected chi connectivity index (χ1v) is 30.4. The predicted octanol–water partition coefficient (Wildman–Crippen LogP) is 11.5. The summed E-state index contributed by atoms with van der Waals surface area (Å²) in [4.78, 5) is 81.1. The topological polar surface area (TPSA) is 263 Å². The maximum absolute atomic E-state index is 13.3. The normalized spacial score (nSPS) is 12.9. The summed E-state index contributed by atoms with van der Waals surface area (Å²) >= 11 is 0. The smallest absolute Gasteiger partial charge is 0.290 e. The van der Waals surface area contributed by atoms with E-state index in [4.69, 9.17) is 48.6 Å². The van der Waals surface area contributed by atoms with Crippen molar-refractivity contribution in [3.63, 3.8) is 0 Å². The molecular weight excluding hydrogens is 1150 g/mol. The van der Waals surface area contributed by atoms with Crippen LogP contribution in [-0.2, 0) is 39.8 Å². The monoisotopic (exact) mass is 1230 g/mol. The van der Waals surface area contributed by atoms with Gasteiger partial charge in [0, 0.05) is 52.7 Å². The van der Waals surface area contributed by atoms with Crippen LogP contribution in [0.3, 0.4) is 0 Å². The summed E-state index contributed by atoms with van der Waals surface area (Å²) in [6.45, 7) is 19.8. The number of pyridine rings is 1. The number of fused-ring (bicyclic) bond motifs is 4. The third-order valence-corrected chi connectivity index (χ3v) is 14.1. The summed E-state index contributed by atoms with van der Waals surface area (Å²) in [7, 11) is 0. The molecule has 5 N–H and O–H groups in total. The number of aryl methyl sites for hydroxylation is 4. The minimum absolute atomic E-state index is 0.0566. The zero-order valence-electron chi connectivity index (χ0n) is 52.7. The van der Waals surface area contributed by atoms with E-state index in [9.17, 15) is 24.0 Å². The van der Waals surface area contributed by atoms with Gasteiger partial charge in [0.2, 0.25) is 11.8 Å². The Morgan fingerprint density at radius 2 is 1.18 bits per heavy atom. The first kappa shape index (κ1) is 71.3. The van der Waals surface area contributed by atoms with E-state index < -0.39 is 29.7 Å². The second kappa shape index (κ2) is 38.0. The van der Waals surface area contributed by atoms with Crippen LogP contribution < -0.4 is 25.4 Å². The van der Waals surface area contributed by atoms with Crippen molar-refractivity contribution in [3.05, 3.63) is 173 Å². The highest BCUT2D eigenvalue weighted by molar-refractivity contribution is 6.25. The number of piperidine rings is 1. The van der Waals surface area contributed by atoms with E-state index in [1.807, 2.05) is 107 Å². The van der Waals surface area contributed by atoms with Crippen LogP contribution in [0.4, 0.5) is 5.69 Å². The average molecular weight is 1230 g/mol. The van der Waals surface area contributed by atoms with Gasteiger partial charge in [-0.1, -0.05) is 120 Å². The molecule has 1 saturated heterocycles. The number of nitrogens with zero attached hydrogens (tertiary/aromatic N) is 3. The van der Waals surface area contributed by atoms with Crippen molar-refractivity contribution in [1.82, 2.24) is 25.1 Å². The molecule has 2 aliphatic rings. The number of rotatable bonds is 24. The van der Waals surface area contributed by atoms with Crippen LogP contribution in [-0.4, -0.2) is 139 Å². The van der Waals surface area contributed by atoms with Gasteiger partial charge in [0.25, 0.3) is 30.7 Å². The number of nitrogens with one attached hydrogen (secondary N) is 3. The van der Waals surface area contributed by atoms with Crippen molar-refractivity contribution < 1.29 is 67.5 Å². The lowest BCUT2D eigenvalue weighted by molar-refractivity contribution is -0.136. The van der Waals surface area contributed by atoms with Crippen molar-refractivity contribution in [2.75, 3.05) is 71.3 Å². The number of anilines is 1. The van der Waals surface area contributed by atoms with E-state index in [0.717, 1.165) is 86.6 Å². The Morgan fingerprint density at radius 1 is 0.644 bits per heavy atom. The molecule has 0 saturated carbocycles. The molecule has 0 radical (unpaired) electrons. The summed E-state index contributed by atoms with van der Waals surface area (Å²) < 4.78 is 30.9. The molecule has 0 bridgehead atoms. The molecule has 0 aliphatic carbocycles. The molecule has 2 aliphatic heterocycles. The molecule has 0 spiro atoms. The molecular formula is C70H84N6O14. The van der Waals surface area contributed by atoms with Gasteiger partial charge in [0.05, 0.1) is 80.9 Å². The maximum atomic E-state index is 13.3. The molecule has 6 aromatic carbocycles. The number of carbonyl (C=O) groups excluding carboxylic acids is 5. The zero-order valence-corrected chi connectivity index (χ0v) is 52.7. The highest BCUT2D eigenvalue weighted by atomic mass is 16.5. The third-order valence-electron chi connectivity index (χ3n) is 14.1. The van der Waals surface area contributed by atoms with Crippen molar-refractivity contribution in [2.24, 2.45) is 0 Å². The molecule has 20 heteroatoms. The molecule has 478 valence electrons. The highest BCUT2D eigenvalue weighted by Crippen LogP contribution is 2.34. The lowest BCUT2D eigenvalue weighted by atomic mass is 9.96. The zero-order chi connectivity index (χ0) is 65.4. The fourth-order valence-corrected chi connectivity index (χ4v) is 10.3. The molecule has 8 aromatic rings. The number of carboxylic acid groups (broad SMARTS) is 2. The summed E-state index contributed by atoms with van der Waals surface area (Å²) in [6.07, 6.45) is 2.88. The summed E-state index contributed by atoms with van der Waals surface area (Å²) in [5, 5.41) is 31.8. The van der Waals surface area contributed by atoms with Crippen LogP contribution in [0.1, 0.15) is 114 Å². The number of hydrogen-bond acceptors (Lipinski definition) is 14. The Balaban J connectivity index is 0.000000518. The first-order valence-electron chi connectivity index (χ1n) is 30.4. The van der Waals surface area contributed by atoms with Gasteiger partial charge in [-0.15, -0.1) is 0 Å². The van der Waals surface area contributed by atoms with Crippen molar-refractivity contribution in [1.29, 1.82) is 0 Å². The van der Waals surface area contributed by atoms with Crippen LogP contribution in [0.2, 0.25) is 0 Å². The van der Waals surface area contributed by atoms with Crippen LogP contribution >= 0.6 is 0 Å². The lowest BCUT2D eigenvalue weighted by Crippen LogP contribution is -2.54. The lowest BCUT2D eigenvalue weighted by Gasteiger charge is -2.27. The minimum atomic E-state index is -1.02. The summed E-state index contributed by atoms with van der Waals surface area (Å²) in [5.74, 6) is -0.484. The van der Waals surface area contributed by atoms with E-state index in [2.05, 4.69) is 84.4 Å². The number of aromatic nitrogens is 2. The van der Waals surface area contributed by atoms with Crippen LogP contribution in [0.15, 0.2) is 133 Å². The minimum Gasteiger partial charge on any atom is -0.493 e. The molecule has 1 fully saturated rings. The van der Waals surface area contributed by atoms with E-state index >= 15 is 0 Å². The standard InChI is InChI=1S/C51H54N6O9.C13H14O.2C2H6.2CH2O2/c1-32-30-36(31-33(2)46(32)42-17-8-16-41-37(34(3)55-57(41)42)14-9-23-66-44-18-6-11-35-10-4-5-12-38(35)44)48(59)53-22-25-64-27-29-65-28-26-63-24-21-52-40-15-7-13-39-47(40)51(62)56(50(39)61)43-19-20-45(58)54-49(43)60;1-2-10-14-13-9-5-7-11-6-3-4-8-12(11)13;2*1-2;2*2-1-3/h4-8,10-13,15-18,30-31,43,52H,9,14,19-29H2,1-3H3,(H,53,59)(H,54,58,60);3-9H,2,10H2,1H3;2*1-2H3;2*1H,(H,2,3). The number of hydrogen-bond donors (Lipinski definition) is 5. The van der Waals surface area contributed by atoms with E-state index in [-0.39, 0.29) is 42.8 Å². The van der Waals surface area contributed by atoms with Gasteiger partial charge in [0.15, 0.2) is 0 Å². The summed E-state index contributed by atoms with van der Waals surface area (Å²) in [5.41, 5.74) is 8.69. The van der Waals surface area contributed by atoms with E-state index in [1.54, 1.807) is 18.2 Å². The SMILES string of the molecule is CC.CC.CCCOc1cccc2ccccc12.Cc1cc(C(=O)NCCOCCOCCOCCNc2cccc3c2C(=O)N(C2CCC(=O)NC2=O)C3=O)cc(C)c1-c1cccc2c(CCCOc3cccc4ccccc34)c(C)nn12.O=CO.O=CO.